The van der Waals surface area contributed by atoms with E-state index in [1.165, 1.54) is 14.0 Å². The molecule has 0 aromatic heterocycles. The number of hydrogen-bond donors (Lipinski definition) is 3. The number of phosphoric acid groups is 1. The third-order valence-corrected chi connectivity index (χ3v) is 1.03. The molecule has 0 aliphatic carbocycles. The Bertz CT molecular complexity index is 133. The van der Waals surface area contributed by atoms with Crippen molar-refractivity contribution < 1.29 is 23.7 Å². The van der Waals surface area contributed by atoms with Gasteiger partial charge in [-0.3, -0.25) is 0 Å². The summed E-state index contributed by atoms with van der Waals surface area (Å²) in [5.74, 6) is 0. The summed E-state index contributed by atoms with van der Waals surface area (Å²) in [4.78, 5) is 16.3. The first-order chi connectivity index (χ1) is 4.45. The normalized spacial score (nSPS) is 15.2. The summed E-state index contributed by atoms with van der Waals surface area (Å²) < 4.78 is 18.4. The summed E-state index contributed by atoms with van der Waals surface area (Å²) >= 11 is 0. The smallest absolute Gasteiger partial charge is 0.365 e. The minimum atomic E-state index is -4.42. The van der Waals surface area contributed by atoms with Gasteiger partial charge in [0.15, 0.2) is 0 Å². The molecule has 0 radical (unpaired) electrons. The molecular weight excluding hydrogens is 161 g/mol. The molecule has 1 unspecified atom stereocenters. The van der Waals surface area contributed by atoms with E-state index in [1.807, 2.05) is 5.48 Å². The van der Waals surface area contributed by atoms with E-state index < -0.39 is 14.1 Å². The van der Waals surface area contributed by atoms with Gasteiger partial charge in [0.2, 0.25) is 0 Å². The van der Waals surface area contributed by atoms with E-state index >= 15 is 0 Å². The number of rotatable bonds is 4. The van der Waals surface area contributed by atoms with Crippen LogP contribution < -0.4 is 5.48 Å². The third-order valence-electron chi connectivity index (χ3n) is 0.691. The van der Waals surface area contributed by atoms with Crippen molar-refractivity contribution in [3.8, 4) is 0 Å². The van der Waals surface area contributed by atoms with Crippen LogP contribution in [-0.4, -0.2) is 23.1 Å². The van der Waals surface area contributed by atoms with Crippen LogP contribution >= 0.6 is 7.82 Å². The number of ether oxygens (including phenoxy) is 1. The van der Waals surface area contributed by atoms with Crippen molar-refractivity contribution in [3.63, 3.8) is 0 Å². The maximum absolute atomic E-state index is 10.0. The van der Waals surface area contributed by atoms with Crippen LogP contribution in [0.25, 0.3) is 0 Å². The molecule has 0 rings (SSSR count). The molecule has 3 N–H and O–H groups in total. The Morgan fingerprint density at radius 2 is 2.10 bits per heavy atom. The van der Waals surface area contributed by atoms with Crippen LogP contribution in [0.15, 0.2) is 0 Å². The van der Waals surface area contributed by atoms with Crippen molar-refractivity contribution in [2.24, 2.45) is 0 Å². The zero-order valence-electron chi connectivity index (χ0n) is 5.64. The summed E-state index contributed by atoms with van der Waals surface area (Å²) in [5, 5.41) is 0. The molecular formula is C3H10NO5P. The van der Waals surface area contributed by atoms with Crippen LogP contribution in [-0.2, 0) is 13.9 Å². The summed E-state index contributed by atoms with van der Waals surface area (Å²) in [6.07, 6.45) is -0.548. The molecule has 0 aromatic carbocycles. The SMILES string of the molecule is COC(C)NOP(=O)(O)O. The van der Waals surface area contributed by atoms with Gasteiger partial charge in [0.05, 0.1) is 0 Å². The Morgan fingerprint density at radius 3 is 2.40 bits per heavy atom. The van der Waals surface area contributed by atoms with E-state index in [9.17, 15) is 4.57 Å². The monoisotopic (exact) mass is 171 g/mol. The molecule has 62 valence electrons. The van der Waals surface area contributed by atoms with Crippen LogP contribution in [0.2, 0.25) is 0 Å². The largest absolute Gasteiger partial charge is 0.486 e. The first-order valence-electron chi connectivity index (χ1n) is 2.48. The quantitative estimate of drug-likeness (QED) is 0.303. The lowest BCUT2D eigenvalue weighted by Gasteiger charge is -2.11. The van der Waals surface area contributed by atoms with Gasteiger partial charge in [-0.25, -0.2) is 4.57 Å². The van der Waals surface area contributed by atoms with Crippen molar-refractivity contribution in [1.29, 1.82) is 0 Å². The fourth-order valence-electron chi connectivity index (χ4n) is 0.191. The highest BCUT2D eigenvalue weighted by Crippen LogP contribution is 2.33. The van der Waals surface area contributed by atoms with Gasteiger partial charge in [0, 0.05) is 7.11 Å². The van der Waals surface area contributed by atoms with Gasteiger partial charge < -0.3 is 14.5 Å². The lowest BCUT2D eigenvalue weighted by atomic mass is 10.7. The Kier molecular flexibility index (Phi) is 4.04. The number of hydrogen-bond acceptors (Lipinski definition) is 4. The topological polar surface area (TPSA) is 88.0 Å². The molecule has 0 bridgehead atoms. The average Bonchev–Trinajstić information content (AvgIpc) is 1.81. The molecule has 0 aromatic rings. The first kappa shape index (κ1) is 10.0. The Labute approximate surface area is 58.3 Å². The second-order valence-electron chi connectivity index (χ2n) is 1.58. The Morgan fingerprint density at radius 1 is 1.60 bits per heavy atom. The number of nitrogens with one attached hydrogen (secondary N) is 1. The van der Waals surface area contributed by atoms with Crippen molar-refractivity contribution in [1.82, 2.24) is 5.48 Å². The van der Waals surface area contributed by atoms with Crippen molar-refractivity contribution in [3.05, 3.63) is 0 Å². The predicted molar refractivity (Wildman–Crippen MR) is 32.7 cm³/mol. The zero-order valence-corrected chi connectivity index (χ0v) is 6.54. The molecule has 0 spiro atoms. The second-order valence-corrected chi connectivity index (χ2v) is 2.74. The van der Waals surface area contributed by atoms with Gasteiger partial charge in [0.25, 0.3) is 0 Å². The van der Waals surface area contributed by atoms with Crippen molar-refractivity contribution >= 4 is 7.82 Å². The van der Waals surface area contributed by atoms with Gasteiger partial charge in [0.1, 0.15) is 6.23 Å². The second kappa shape index (κ2) is 4.02. The highest BCUT2D eigenvalue weighted by Gasteiger charge is 2.15. The Balaban J connectivity index is 3.46. The highest BCUT2D eigenvalue weighted by molar-refractivity contribution is 7.46. The van der Waals surface area contributed by atoms with Crippen LogP contribution in [0.4, 0.5) is 0 Å². The zero-order chi connectivity index (χ0) is 8.20. The summed E-state index contributed by atoms with van der Waals surface area (Å²) in [5.41, 5.74) is 1.99. The highest BCUT2D eigenvalue weighted by atomic mass is 31.2. The van der Waals surface area contributed by atoms with Gasteiger partial charge in [-0.2, -0.15) is 10.1 Å². The molecule has 6 nitrogen and oxygen atoms in total. The van der Waals surface area contributed by atoms with E-state index in [0.29, 0.717) is 0 Å². The fourth-order valence-corrected chi connectivity index (χ4v) is 0.477. The lowest BCUT2D eigenvalue weighted by molar-refractivity contribution is -0.0155. The lowest BCUT2D eigenvalue weighted by Crippen LogP contribution is -2.26. The average molecular weight is 171 g/mol. The van der Waals surface area contributed by atoms with Crippen LogP contribution in [0.1, 0.15) is 6.92 Å². The predicted octanol–water partition coefficient (Wildman–Crippen LogP) is -0.407. The number of methoxy groups -OCH3 is 1. The van der Waals surface area contributed by atoms with Crippen molar-refractivity contribution in [2.45, 2.75) is 13.2 Å². The maximum Gasteiger partial charge on any atom is 0.486 e. The van der Waals surface area contributed by atoms with E-state index in [1.54, 1.807) is 0 Å². The molecule has 0 amide bonds. The standard InChI is InChI=1S/C3H10NO5P/c1-3(8-2)4-9-10(5,6)7/h3-4H,1-2H3,(H2,5,6,7). The van der Waals surface area contributed by atoms with E-state index in [4.69, 9.17) is 9.79 Å². The molecule has 0 fully saturated rings. The maximum atomic E-state index is 10.0. The summed E-state index contributed by atoms with van der Waals surface area (Å²) in [7, 11) is -3.05. The first-order valence-corrected chi connectivity index (χ1v) is 4.01. The van der Waals surface area contributed by atoms with Gasteiger partial charge in [-0.05, 0) is 6.92 Å². The molecule has 1 atom stereocenters. The summed E-state index contributed by atoms with van der Waals surface area (Å²) in [6, 6.07) is 0. The minimum Gasteiger partial charge on any atom is -0.365 e. The molecule has 7 heteroatoms. The molecule has 0 saturated heterocycles. The van der Waals surface area contributed by atoms with E-state index in [0.717, 1.165) is 0 Å². The molecule has 0 aliphatic rings. The molecule has 10 heavy (non-hydrogen) atoms. The van der Waals surface area contributed by atoms with Gasteiger partial charge in [-0.15, -0.1) is 0 Å². The van der Waals surface area contributed by atoms with Crippen LogP contribution in [0.5, 0.6) is 0 Å². The molecule has 0 heterocycles. The van der Waals surface area contributed by atoms with E-state index in [-0.39, 0.29) is 0 Å². The van der Waals surface area contributed by atoms with Crippen LogP contribution in [0, 0.1) is 0 Å². The summed E-state index contributed by atoms with van der Waals surface area (Å²) in [6.45, 7) is 1.54. The molecule has 0 aliphatic heterocycles. The molecule has 0 saturated carbocycles. The van der Waals surface area contributed by atoms with Gasteiger partial charge >= 0.3 is 7.82 Å². The minimum absolute atomic E-state index is 0.548. The van der Waals surface area contributed by atoms with Gasteiger partial charge in [-0.1, -0.05) is 0 Å². The third kappa shape index (κ3) is 6.15. The number of hydroxylamine groups is 1. The fraction of sp³-hybridized carbons (Fsp3) is 1.00. The Hall–Kier alpha value is 0.0300. The van der Waals surface area contributed by atoms with E-state index in [2.05, 4.69) is 9.36 Å². The van der Waals surface area contributed by atoms with Crippen LogP contribution in [0.3, 0.4) is 0 Å². The van der Waals surface area contributed by atoms with Crippen molar-refractivity contribution in [2.75, 3.05) is 7.11 Å².